The molecule has 7 nitrogen and oxygen atoms in total. The van der Waals surface area contributed by atoms with Crippen molar-refractivity contribution >= 4 is 11.9 Å². The van der Waals surface area contributed by atoms with Crippen LogP contribution < -0.4 is 0 Å². The SMILES string of the molecule is CN(C)CC(c1ccc(O)cc1)C1(O)CCCCC1.O=C(O)CCCCC(=O)O. The molecule has 2 rings (SSSR count). The van der Waals surface area contributed by atoms with Gasteiger partial charge in [0.15, 0.2) is 0 Å². The molecule has 1 aromatic rings. The zero-order chi connectivity index (χ0) is 21.9. The van der Waals surface area contributed by atoms with E-state index in [9.17, 15) is 19.8 Å². The molecule has 1 atom stereocenters. The molecule has 0 aromatic heterocycles. The number of aliphatic hydroxyl groups is 1. The van der Waals surface area contributed by atoms with E-state index in [2.05, 4.69) is 4.90 Å². The van der Waals surface area contributed by atoms with Gasteiger partial charge in [0.1, 0.15) is 5.75 Å². The third kappa shape index (κ3) is 9.76. The fourth-order valence-electron chi connectivity index (χ4n) is 3.72. The summed E-state index contributed by atoms with van der Waals surface area (Å²) in [6, 6.07) is 7.31. The van der Waals surface area contributed by atoms with Crippen molar-refractivity contribution in [2.45, 2.75) is 69.3 Å². The molecule has 1 aliphatic rings. The highest BCUT2D eigenvalue weighted by Crippen LogP contribution is 2.40. The second-order valence-electron chi connectivity index (χ2n) is 8.07. The Labute approximate surface area is 173 Å². The van der Waals surface area contributed by atoms with Gasteiger partial charge in [0.05, 0.1) is 5.60 Å². The predicted octanol–water partition coefficient (Wildman–Crippen LogP) is 3.45. The number of nitrogens with zero attached hydrogens (tertiary/aromatic N) is 1. The largest absolute Gasteiger partial charge is 0.508 e. The van der Waals surface area contributed by atoms with Gasteiger partial charge in [-0.1, -0.05) is 31.4 Å². The Kier molecular flexibility index (Phi) is 10.7. The molecule has 7 heteroatoms. The molecule has 0 amide bonds. The van der Waals surface area contributed by atoms with Gasteiger partial charge in [-0.25, -0.2) is 0 Å². The number of likely N-dealkylation sites (N-methyl/N-ethyl adjacent to an activating group) is 1. The molecule has 0 aliphatic heterocycles. The van der Waals surface area contributed by atoms with Gasteiger partial charge in [-0.05, 0) is 57.5 Å². The van der Waals surface area contributed by atoms with Gasteiger partial charge >= 0.3 is 11.9 Å². The van der Waals surface area contributed by atoms with Crippen LogP contribution in [0.15, 0.2) is 24.3 Å². The van der Waals surface area contributed by atoms with Crippen LogP contribution in [0.4, 0.5) is 0 Å². The molecule has 29 heavy (non-hydrogen) atoms. The zero-order valence-corrected chi connectivity index (χ0v) is 17.5. The second-order valence-corrected chi connectivity index (χ2v) is 8.07. The highest BCUT2D eigenvalue weighted by Gasteiger charge is 2.38. The van der Waals surface area contributed by atoms with Gasteiger partial charge in [-0.2, -0.15) is 0 Å². The first-order valence-electron chi connectivity index (χ1n) is 10.2. The number of rotatable bonds is 9. The van der Waals surface area contributed by atoms with E-state index in [0.717, 1.165) is 37.8 Å². The fraction of sp³-hybridized carbons (Fsp3) is 0.636. The topological polar surface area (TPSA) is 118 Å². The van der Waals surface area contributed by atoms with Gasteiger partial charge in [0.2, 0.25) is 0 Å². The molecule has 1 unspecified atom stereocenters. The molecule has 0 spiro atoms. The maximum atomic E-state index is 11.0. The van der Waals surface area contributed by atoms with Gasteiger partial charge < -0.3 is 25.3 Å². The third-order valence-corrected chi connectivity index (χ3v) is 5.24. The molecule has 0 bridgehead atoms. The van der Waals surface area contributed by atoms with Gasteiger partial charge in [-0.3, -0.25) is 9.59 Å². The van der Waals surface area contributed by atoms with Crippen molar-refractivity contribution in [3.63, 3.8) is 0 Å². The van der Waals surface area contributed by atoms with Crippen LogP contribution in [0.5, 0.6) is 5.75 Å². The summed E-state index contributed by atoms with van der Waals surface area (Å²) in [5.41, 5.74) is 0.523. The molecule has 0 heterocycles. The minimum atomic E-state index is -0.870. The number of phenols is 1. The van der Waals surface area contributed by atoms with Crippen LogP contribution >= 0.6 is 0 Å². The Morgan fingerprint density at radius 3 is 1.86 bits per heavy atom. The second kappa shape index (κ2) is 12.4. The number of benzene rings is 1. The summed E-state index contributed by atoms with van der Waals surface area (Å²) in [5.74, 6) is -1.35. The summed E-state index contributed by atoms with van der Waals surface area (Å²) < 4.78 is 0. The molecule has 4 N–H and O–H groups in total. The standard InChI is InChI=1S/C16H25NO2.C6H10O4/c1-17(2)12-15(13-6-8-14(18)9-7-13)16(19)10-4-3-5-11-16;7-5(8)3-1-2-4-6(9)10/h6-9,15,18-19H,3-5,10-12H2,1-2H3;1-4H2,(H,7,8)(H,9,10). The molecule has 1 aliphatic carbocycles. The first-order chi connectivity index (χ1) is 13.6. The number of unbranched alkanes of at least 4 members (excludes halogenated alkanes) is 1. The van der Waals surface area contributed by atoms with Crippen molar-refractivity contribution in [3.05, 3.63) is 29.8 Å². The Bertz CT molecular complexity index is 607. The molecular formula is C22H35NO6. The monoisotopic (exact) mass is 409 g/mol. The number of aliphatic carboxylic acids is 2. The lowest BCUT2D eigenvalue weighted by Crippen LogP contribution is -2.42. The van der Waals surface area contributed by atoms with Crippen molar-refractivity contribution in [2.24, 2.45) is 0 Å². The Hall–Kier alpha value is -2.12. The number of hydrogen-bond donors (Lipinski definition) is 4. The van der Waals surface area contributed by atoms with Crippen LogP contribution in [0.1, 0.15) is 69.3 Å². The number of phenolic OH excluding ortho intramolecular Hbond substituents is 1. The minimum absolute atomic E-state index is 0.0628. The first kappa shape index (κ1) is 24.9. The Balaban J connectivity index is 0.000000359. The maximum absolute atomic E-state index is 11.0. The third-order valence-electron chi connectivity index (χ3n) is 5.24. The Morgan fingerprint density at radius 1 is 0.966 bits per heavy atom. The number of carboxylic acids is 2. The minimum Gasteiger partial charge on any atom is -0.508 e. The van der Waals surface area contributed by atoms with Crippen molar-refractivity contribution < 1.29 is 30.0 Å². The maximum Gasteiger partial charge on any atom is 0.303 e. The molecule has 1 saturated carbocycles. The fourth-order valence-corrected chi connectivity index (χ4v) is 3.72. The van der Waals surface area contributed by atoms with Gasteiger partial charge in [-0.15, -0.1) is 0 Å². The highest BCUT2D eigenvalue weighted by atomic mass is 16.4. The van der Waals surface area contributed by atoms with Crippen LogP contribution in [0.2, 0.25) is 0 Å². The molecule has 1 fully saturated rings. The average molecular weight is 410 g/mol. The lowest BCUT2D eigenvalue weighted by atomic mass is 9.72. The summed E-state index contributed by atoms with van der Waals surface area (Å²) in [7, 11) is 4.08. The summed E-state index contributed by atoms with van der Waals surface area (Å²) in [6.07, 6.45) is 6.23. The van der Waals surface area contributed by atoms with E-state index in [1.165, 1.54) is 6.42 Å². The summed E-state index contributed by atoms with van der Waals surface area (Å²) >= 11 is 0. The normalized spacial score (nSPS) is 16.6. The Morgan fingerprint density at radius 2 is 1.45 bits per heavy atom. The van der Waals surface area contributed by atoms with E-state index in [-0.39, 0.29) is 24.5 Å². The highest BCUT2D eigenvalue weighted by molar-refractivity contribution is 5.67. The number of carboxylic acid groups (broad SMARTS) is 2. The van der Waals surface area contributed by atoms with E-state index in [0.29, 0.717) is 12.8 Å². The average Bonchev–Trinajstić information content (AvgIpc) is 2.65. The van der Waals surface area contributed by atoms with Gasteiger partial charge in [0, 0.05) is 25.3 Å². The molecule has 0 saturated heterocycles. The lowest BCUT2D eigenvalue weighted by molar-refractivity contribution is -0.139. The van der Waals surface area contributed by atoms with E-state index >= 15 is 0 Å². The molecular weight excluding hydrogens is 374 g/mol. The van der Waals surface area contributed by atoms with E-state index in [1.54, 1.807) is 12.1 Å². The van der Waals surface area contributed by atoms with Crippen LogP contribution in [0.3, 0.4) is 0 Å². The van der Waals surface area contributed by atoms with Crippen LogP contribution in [0, 0.1) is 0 Å². The number of hydrogen-bond acceptors (Lipinski definition) is 5. The molecule has 164 valence electrons. The molecule has 0 radical (unpaired) electrons. The van der Waals surface area contributed by atoms with E-state index in [4.69, 9.17) is 10.2 Å². The van der Waals surface area contributed by atoms with Crippen molar-refractivity contribution in [2.75, 3.05) is 20.6 Å². The first-order valence-corrected chi connectivity index (χ1v) is 10.2. The summed E-state index contributed by atoms with van der Waals surface area (Å²) in [5, 5.41) is 36.7. The lowest BCUT2D eigenvalue weighted by Gasteiger charge is -2.40. The smallest absolute Gasteiger partial charge is 0.303 e. The molecule has 1 aromatic carbocycles. The van der Waals surface area contributed by atoms with Crippen molar-refractivity contribution in [1.82, 2.24) is 4.90 Å². The van der Waals surface area contributed by atoms with Crippen LogP contribution in [-0.2, 0) is 9.59 Å². The van der Waals surface area contributed by atoms with Crippen LogP contribution in [0.25, 0.3) is 0 Å². The van der Waals surface area contributed by atoms with Crippen molar-refractivity contribution in [3.8, 4) is 5.75 Å². The zero-order valence-electron chi connectivity index (χ0n) is 17.5. The van der Waals surface area contributed by atoms with Crippen LogP contribution in [-0.4, -0.2) is 63.5 Å². The quantitative estimate of drug-likeness (QED) is 0.461. The summed E-state index contributed by atoms with van der Waals surface area (Å²) in [6.45, 7) is 0.835. The summed E-state index contributed by atoms with van der Waals surface area (Å²) in [4.78, 5) is 21.9. The number of carbonyl (C=O) groups is 2. The van der Waals surface area contributed by atoms with E-state index in [1.807, 2.05) is 26.2 Å². The van der Waals surface area contributed by atoms with Crippen molar-refractivity contribution in [1.29, 1.82) is 0 Å². The van der Waals surface area contributed by atoms with Gasteiger partial charge in [0.25, 0.3) is 0 Å². The predicted molar refractivity (Wildman–Crippen MR) is 111 cm³/mol. The van der Waals surface area contributed by atoms with E-state index < -0.39 is 17.5 Å². The number of aromatic hydroxyl groups is 1.